The van der Waals surface area contributed by atoms with Gasteiger partial charge in [-0.2, -0.15) is 0 Å². The molecule has 0 saturated carbocycles. The molecule has 2 nitrogen and oxygen atoms in total. The Morgan fingerprint density at radius 2 is 1.00 bits per heavy atom. The molecule has 2 heteroatoms. The van der Waals surface area contributed by atoms with Crippen LogP contribution in [0.5, 0.6) is 0 Å². The highest BCUT2D eigenvalue weighted by Gasteiger charge is 2.03. The number of nitrogens with one attached hydrogen (secondary N) is 2. The van der Waals surface area contributed by atoms with Gasteiger partial charge in [0.1, 0.15) is 0 Å². The predicted octanol–water partition coefficient (Wildman–Crippen LogP) is 7.15. The van der Waals surface area contributed by atoms with Gasteiger partial charge in [-0.25, -0.2) is 0 Å². The third kappa shape index (κ3) is 4.18. The quantitative estimate of drug-likeness (QED) is 0.399. The number of benzene rings is 4. The van der Waals surface area contributed by atoms with Crippen molar-refractivity contribution in [1.82, 2.24) is 0 Å². The summed E-state index contributed by atoms with van der Waals surface area (Å²) in [6, 6.07) is 35.6. The van der Waals surface area contributed by atoms with Crippen LogP contribution in [-0.2, 0) is 0 Å². The molecule has 0 atom stereocenters. The van der Waals surface area contributed by atoms with Crippen LogP contribution in [0, 0.1) is 6.92 Å². The Kier molecular flexibility index (Phi) is 4.88. The van der Waals surface area contributed by atoms with Gasteiger partial charge >= 0.3 is 0 Å². The van der Waals surface area contributed by atoms with Crippen LogP contribution in [0.25, 0.3) is 11.1 Å². The van der Waals surface area contributed by atoms with Crippen molar-refractivity contribution in [2.75, 3.05) is 10.6 Å². The van der Waals surface area contributed by atoms with E-state index in [2.05, 4.69) is 84.3 Å². The van der Waals surface area contributed by atoms with Crippen LogP contribution in [0.3, 0.4) is 0 Å². The molecule has 0 bridgehead atoms. The minimum atomic E-state index is 1.09. The Bertz CT molecular complexity index is 1010. The van der Waals surface area contributed by atoms with E-state index >= 15 is 0 Å². The van der Waals surface area contributed by atoms with Crippen LogP contribution < -0.4 is 10.6 Å². The van der Waals surface area contributed by atoms with E-state index in [1.165, 1.54) is 16.7 Å². The summed E-state index contributed by atoms with van der Waals surface area (Å²) < 4.78 is 0. The molecular weight excluding hydrogens is 328 g/mol. The molecule has 0 radical (unpaired) electrons. The number of hydrogen-bond donors (Lipinski definition) is 2. The lowest BCUT2D eigenvalue weighted by atomic mass is 10.0. The van der Waals surface area contributed by atoms with Crippen molar-refractivity contribution in [3.63, 3.8) is 0 Å². The fourth-order valence-electron chi connectivity index (χ4n) is 3.09. The van der Waals surface area contributed by atoms with Crippen molar-refractivity contribution < 1.29 is 0 Å². The van der Waals surface area contributed by atoms with Crippen molar-refractivity contribution >= 4 is 22.7 Å². The standard InChI is InChI=1S/C25H22N2/c1-19-18-21(14-17-25(19)27-23-10-6-3-7-11-23)20-12-15-24(16-13-20)26-22-8-4-2-5-9-22/h2-18,26-27H,1H3. The van der Waals surface area contributed by atoms with E-state index in [1.54, 1.807) is 0 Å². The number of para-hydroxylation sites is 2. The smallest absolute Gasteiger partial charge is 0.0414 e. The van der Waals surface area contributed by atoms with Crippen molar-refractivity contribution in [3.05, 3.63) is 109 Å². The molecule has 4 rings (SSSR count). The molecule has 27 heavy (non-hydrogen) atoms. The maximum Gasteiger partial charge on any atom is 0.0414 e. The zero-order valence-electron chi connectivity index (χ0n) is 15.3. The van der Waals surface area contributed by atoms with Crippen molar-refractivity contribution in [2.45, 2.75) is 6.92 Å². The van der Waals surface area contributed by atoms with E-state index in [0.717, 1.165) is 22.7 Å². The van der Waals surface area contributed by atoms with Crippen LogP contribution in [0.2, 0.25) is 0 Å². The largest absolute Gasteiger partial charge is 0.356 e. The first-order chi connectivity index (χ1) is 13.3. The zero-order valence-corrected chi connectivity index (χ0v) is 15.3. The van der Waals surface area contributed by atoms with E-state index in [0.29, 0.717) is 0 Å². The molecule has 0 aliphatic heterocycles. The summed E-state index contributed by atoms with van der Waals surface area (Å²) in [5.41, 5.74) is 8.07. The lowest BCUT2D eigenvalue weighted by Crippen LogP contribution is -1.93. The summed E-state index contributed by atoms with van der Waals surface area (Å²) in [4.78, 5) is 0. The minimum absolute atomic E-state index is 1.09. The van der Waals surface area contributed by atoms with Gasteiger partial charge in [0.25, 0.3) is 0 Å². The minimum Gasteiger partial charge on any atom is -0.356 e. The Labute approximate surface area is 160 Å². The second-order valence-electron chi connectivity index (χ2n) is 6.59. The van der Waals surface area contributed by atoms with Crippen molar-refractivity contribution in [3.8, 4) is 11.1 Å². The van der Waals surface area contributed by atoms with Gasteiger partial charge in [0.05, 0.1) is 0 Å². The SMILES string of the molecule is Cc1cc(-c2ccc(Nc3ccccc3)cc2)ccc1Nc1ccccc1. The summed E-state index contributed by atoms with van der Waals surface area (Å²) in [5, 5.41) is 6.90. The molecule has 0 aromatic heterocycles. The highest BCUT2D eigenvalue weighted by atomic mass is 14.9. The molecule has 0 aliphatic carbocycles. The Balaban J connectivity index is 1.50. The zero-order chi connectivity index (χ0) is 18.5. The molecule has 0 aliphatic rings. The summed E-state index contributed by atoms with van der Waals surface area (Å²) in [7, 11) is 0. The van der Waals surface area contributed by atoms with E-state index in [9.17, 15) is 0 Å². The van der Waals surface area contributed by atoms with E-state index < -0.39 is 0 Å². The normalized spacial score (nSPS) is 10.4. The molecule has 0 fully saturated rings. The average molecular weight is 350 g/mol. The van der Waals surface area contributed by atoms with Gasteiger partial charge in [0.15, 0.2) is 0 Å². The van der Waals surface area contributed by atoms with Gasteiger partial charge in [-0.1, -0.05) is 54.6 Å². The van der Waals surface area contributed by atoms with E-state index in [4.69, 9.17) is 0 Å². The summed E-state index contributed by atoms with van der Waals surface area (Å²) >= 11 is 0. The molecule has 0 unspecified atom stereocenters. The summed E-state index contributed by atoms with van der Waals surface area (Å²) in [6.07, 6.45) is 0. The lowest BCUT2D eigenvalue weighted by molar-refractivity contribution is 1.43. The fraction of sp³-hybridized carbons (Fsp3) is 0.0400. The molecule has 0 saturated heterocycles. The van der Waals surface area contributed by atoms with Crippen molar-refractivity contribution in [2.24, 2.45) is 0 Å². The number of hydrogen-bond acceptors (Lipinski definition) is 2. The average Bonchev–Trinajstić information content (AvgIpc) is 2.72. The van der Waals surface area contributed by atoms with Crippen LogP contribution in [-0.4, -0.2) is 0 Å². The highest BCUT2D eigenvalue weighted by molar-refractivity contribution is 5.73. The van der Waals surface area contributed by atoms with Crippen LogP contribution >= 0.6 is 0 Å². The second kappa shape index (κ2) is 7.79. The van der Waals surface area contributed by atoms with Crippen LogP contribution in [0.4, 0.5) is 22.7 Å². The molecule has 0 spiro atoms. The Hall–Kier alpha value is -3.52. The highest BCUT2D eigenvalue weighted by Crippen LogP contribution is 2.28. The number of rotatable bonds is 5. The Morgan fingerprint density at radius 1 is 0.481 bits per heavy atom. The van der Waals surface area contributed by atoms with E-state index in [-0.39, 0.29) is 0 Å². The molecule has 0 heterocycles. The Morgan fingerprint density at radius 3 is 1.59 bits per heavy atom. The topological polar surface area (TPSA) is 24.1 Å². The molecule has 132 valence electrons. The van der Waals surface area contributed by atoms with Crippen molar-refractivity contribution in [1.29, 1.82) is 0 Å². The van der Waals surface area contributed by atoms with Gasteiger partial charge in [-0.3, -0.25) is 0 Å². The summed E-state index contributed by atoms with van der Waals surface area (Å²) in [6.45, 7) is 2.14. The fourth-order valence-corrected chi connectivity index (χ4v) is 3.09. The maximum atomic E-state index is 3.48. The van der Waals surface area contributed by atoms with E-state index in [1.807, 2.05) is 36.4 Å². The van der Waals surface area contributed by atoms with Gasteiger partial charge in [-0.05, 0) is 72.1 Å². The first-order valence-electron chi connectivity index (χ1n) is 9.13. The lowest BCUT2D eigenvalue weighted by Gasteiger charge is -2.12. The maximum absolute atomic E-state index is 3.48. The van der Waals surface area contributed by atoms with Gasteiger partial charge < -0.3 is 10.6 Å². The first kappa shape index (κ1) is 16.9. The molecule has 2 N–H and O–H groups in total. The first-order valence-corrected chi connectivity index (χ1v) is 9.13. The second-order valence-corrected chi connectivity index (χ2v) is 6.59. The molecular formula is C25H22N2. The monoisotopic (exact) mass is 350 g/mol. The molecule has 4 aromatic rings. The molecule has 0 amide bonds. The predicted molar refractivity (Wildman–Crippen MR) is 116 cm³/mol. The third-order valence-electron chi connectivity index (χ3n) is 4.56. The van der Waals surface area contributed by atoms with Gasteiger partial charge in [0, 0.05) is 22.7 Å². The number of anilines is 4. The summed E-state index contributed by atoms with van der Waals surface area (Å²) in [5.74, 6) is 0. The van der Waals surface area contributed by atoms with Gasteiger partial charge in [0.2, 0.25) is 0 Å². The number of aryl methyl sites for hydroxylation is 1. The van der Waals surface area contributed by atoms with Gasteiger partial charge in [-0.15, -0.1) is 0 Å². The third-order valence-corrected chi connectivity index (χ3v) is 4.56. The molecule has 4 aromatic carbocycles. The van der Waals surface area contributed by atoms with Crippen LogP contribution in [0.15, 0.2) is 103 Å². The van der Waals surface area contributed by atoms with Crippen LogP contribution in [0.1, 0.15) is 5.56 Å².